The number of benzene rings is 1. The Morgan fingerprint density at radius 2 is 1.76 bits per heavy atom. The highest BCUT2D eigenvalue weighted by Crippen LogP contribution is 2.38. The highest BCUT2D eigenvalue weighted by molar-refractivity contribution is 6.74. The van der Waals surface area contributed by atoms with E-state index in [1.165, 1.54) is 6.42 Å². The molecule has 1 unspecified atom stereocenters. The Labute approximate surface area is 176 Å². The van der Waals surface area contributed by atoms with Crippen LogP contribution in [0.5, 0.6) is 5.75 Å². The second-order valence-corrected chi connectivity index (χ2v) is 14.2. The Bertz CT molecular complexity index is 760. The maximum absolute atomic E-state index is 6.70. The summed E-state index contributed by atoms with van der Waals surface area (Å²) in [7, 11) is -1.78. The molecule has 0 saturated carbocycles. The first-order valence-corrected chi connectivity index (χ1v) is 13.6. The molecule has 0 radical (unpaired) electrons. The third kappa shape index (κ3) is 6.03. The monoisotopic (exact) mass is 413 g/mol. The van der Waals surface area contributed by atoms with E-state index in [9.17, 15) is 0 Å². The number of aromatic nitrogens is 2. The largest absolute Gasteiger partial charge is 0.486 e. The van der Waals surface area contributed by atoms with E-state index in [0.29, 0.717) is 12.4 Å². The average Bonchev–Trinajstić information content (AvgIpc) is 2.92. The van der Waals surface area contributed by atoms with Gasteiger partial charge in [0.05, 0.1) is 18.5 Å². The lowest BCUT2D eigenvalue weighted by Crippen LogP contribution is -2.46. The minimum Gasteiger partial charge on any atom is -0.486 e. The third-order valence-corrected chi connectivity index (χ3v) is 10.6. The number of rotatable bonds is 6. The van der Waals surface area contributed by atoms with Crippen molar-refractivity contribution in [3.63, 3.8) is 0 Å². The van der Waals surface area contributed by atoms with Crippen LogP contribution in [-0.2, 0) is 11.0 Å². The van der Waals surface area contributed by atoms with Crippen molar-refractivity contribution in [3.8, 4) is 5.75 Å². The summed E-state index contributed by atoms with van der Waals surface area (Å²) in [5, 5.41) is 0.221. The van der Waals surface area contributed by atoms with Crippen LogP contribution in [0.3, 0.4) is 0 Å². The maximum Gasteiger partial charge on any atom is 0.225 e. The quantitative estimate of drug-likeness (QED) is 0.590. The van der Waals surface area contributed by atoms with E-state index in [4.69, 9.17) is 9.16 Å². The van der Waals surface area contributed by atoms with Crippen molar-refractivity contribution >= 4 is 14.3 Å². The molecule has 5 nitrogen and oxygen atoms in total. The van der Waals surface area contributed by atoms with Gasteiger partial charge in [0.25, 0.3) is 0 Å². The number of anilines is 1. The number of nitrogens with zero attached hydrogens (tertiary/aromatic N) is 3. The molecule has 2 heterocycles. The van der Waals surface area contributed by atoms with E-state index in [1.54, 1.807) is 12.4 Å². The first-order chi connectivity index (χ1) is 13.7. The van der Waals surface area contributed by atoms with Gasteiger partial charge in [-0.05, 0) is 43.0 Å². The topological polar surface area (TPSA) is 47.5 Å². The van der Waals surface area contributed by atoms with Crippen LogP contribution in [0.2, 0.25) is 18.1 Å². The molecule has 1 fully saturated rings. The number of hydrogen-bond acceptors (Lipinski definition) is 5. The Morgan fingerprint density at radius 1 is 1.07 bits per heavy atom. The Kier molecular flexibility index (Phi) is 6.96. The van der Waals surface area contributed by atoms with Gasteiger partial charge in [-0.1, -0.05) is 51.1 Å². The van der Waals surface area contributed by atoms with Gasteiger partial charge in [0.15, 0.2) is 14.1 Å². The lowest BCUT2D eigenvalue weighted by Gasteiger charge is -2.40. The first-order valence-electron chi connectivity index (χ1n) is 10.7. The summed E-state index contributed by atoms with van der Waals surface area (Å²) < 4.78 is 12.5. The second-order valence-electron chi connectivity index (χ2n) is 9.44. The molecule has 1 atom stereocenters. The maximum atomic E-state index is 6.70. The summed E-state index contributed by atoms with van der Waals surface area (Å²) in [5.41, 5.74) is 1.13. The zero-order valence-corrected chi connectivity index (χ0v) is 19.5. The predicted octanol–water partition coefficient (Wildman–Crippen LogP) is 5.44. The van der Waals surface area contributed by atoms with Crippen molar-refractivity contribution in [2.24, 2.45) is 0 Å². The molecule has 2 aromatic rings. The molecule has 0 aliphatic carbocycles. The van der Waals surface area contributed by atoms with Crippen molar-refractivity contribution in [2.45, 2.75) is 70.9 Å². The van der Waals surface area contributed by atoms with Crippen molar-refractivity contribution in [2.75, 3.05) is 18.0 Å². The molecular weight excluding hydrogens is 378 g/mol. The highest BCUT2D eigenvalue weighted by Gasteiger charge is 2.39. The summed E-state index contributed by atoms with van der Waals surface area (Å²) in [6, 6.07) is 10.1. The molecule has 158 valence electrons. The van der Waals surface area contributed by atoms with Crippen LogP contribution < -0.4 is 9.64 Å². The van der Waals surface area contributed by atoms with Crippen molar-refractivity contribution in [1.82, 2.24) is 9.97 Å². The molecule has 0 bridgehead atoms. The molecule has 1 aliphatic rings. The Morgan fingerprint density at radius 3 is 2.41 bits per heavy atom. The number of ether oxygens (including phenoxy) is 1. The predicted molar refractivity (Wildman–Crippen MR) is 121 cm³/mol. The molecule has 1 saturated heterocycles. The van der Waals surface area contributed by atoms with Crippen LogP contribution >= 0.6 is 0 Å². The molecule has 0 spiro atoms. The molecule has 3 rings (SSSR count). The Hall–Kier alpha value is -1.92. The molecule has 6 heteroatoms. The van der Waals surface area contributed by atoms with Crippen LogP contribution in [0, 0.1) is 0 Å². The van der Waals surface area contributed by atoms with Gasteiger partial charge in [0.1, 0.15) is 6.61 Å². The smallest absolute Gasteiger partial charge is 0.225 e. The van der Waals surface area contributed by atoms with E-state index in [1.807, 2.05) is 18.2 Å². The molecule has 1 aromatic heterocycles. The SMILES string of the molecule is CC(C)(C)[Si](C)(C)OC1CCCCN(c2ncc(OCc3ccccc3)cn2)C1. The van der Waals surface area contributed by atoms with Gasteiger partial charge >= 0.3 is 0 Å². The van der Waals surface area contributed by atoms with Crippen molar-refractivity contribution in [1.29, 1.82) is 0 Å². The molecule has 0 amide bonds. The minimum absolute atomic E-state index is 0.221. The van der Waals surface area contributed by atoms with Crippen LogP contribution in [0.25, 0.3) is 0 Å². The van der Waals surface area contributed by atoms with Crippen LogP contribution in [0.4, 0.5) is 5.95 Å². The lowest BCUT2D eigenvalue weighted by atomic mass is 10.2. The zero-order chi connectivity index (χ0) is 20.9. The van der Waals surface area contributed by atoms with Crippen LogP contribution in [-0.4, -0.2) is 37.5 Å². The summed E-state index contributed by atoms with van der Waals surface area (Å²) in [6.07, 6.45) is 7.25. The summed E-state index contributed by atoms with van der Waals surface area (Å²) >= 11 is 0. The van der Waals surface area contributed by atoms with E-state index < -0.39 is 8.32 Å². The fourth-order valence-electron chi connectivity index (χ4n) is 3.26. The van der Waals surface area contributed by atoms with Gasteiger partial charge in [-0.2, -0.15) is 0 Å². The van der Waals surface area contributed by atoms with E-state index >= 15 is 0 Å². The van der Waals surface area contributed by atoms with Crippen LogP contribution in [0.1, 0.15) is 45.6 Å². The first kappa shape index (κ1) is 21.8. The van der Waals surface area contributed by atoms with Crippen molar-refractivity contribution in [3.05, 3.63) is 48.3 Å². The van der Waals surface area contributed by atoms with Gasteiger partial charge in [0, 0.05) is 13.1 Å². The fourth-order valence-corrected chi connectivity index (χ4v) is 4.64. The summed E-state index contributed by atoms with van der Waals surface area (Å²) in [5.74, 6) is 1.46. The summed E-state index contributed by atoms with van der Waals surface area (Å²) in [4.78, 5) is 11.4. The van der Waals surface area contributed by atoms with E-state index in [2.05, 4.69) is 60.9 Å². The highest BCUT2D eigenvalue weighted by atomic mass is 28.4. The fraction of sp³-hybridized carbons (Fsp3) is 0.565. The molecule has 29 heavy (non-hydrogen) atoms. The van der Waals surface area contributed by atoms with Crippen molar-refractivity contribution < 1.29 is 9.16 Å². The van der Waals surface area contributed by atoms with Gasteiger partial charge < -0.3 is 14.1 Å². The molecular formula is C23H35N3O2Si. The van der Waals surface area contributed by atoms with Gasteiger partial charge in [-0.15, -0.1) is 0 Å². The Balaban J connectivity index is 1.61. The normalized spacial score (nSPS) is 18.4. The second kappa shape index (κ2) is 9.26. The summed E-state index contributed by atoms with van der Waals surface area (Å²) in [6.45, 7) is 13.9. The van der Waals surface area contributed by atoms with Gasteiger partial charge in [-0.3, -0.25) is 0 Å². The molecule has 0 N–H and O–H groups in total. The van der Waals surface area contributed by atoms with E-state index in [-0.39, 0.29) is 11.1 Å². The third-order valence-electron chi connectivity index (χ3n) is 6.04. The number of hydrogen-bond donors (Lipinski definition) is 0. The van der Waals surface area contributed by atoms with E-state index in [0.717, 1.165) is 37.4 Å². The average molecular weight is 414 g/mol. The van der Waals surface area contributed by atoms with Gasteiger partial charge in [-0.25, -0.2) is 9.97 Å². The molecule has 1 aromatic carbocycles. The molecule has 1 aliphatic heterocycles. The lowest BCUT2D eigenvalue weighted by molar-refractivity contribution is 0.179. The van der Waals surface area contributed by atoms with Gasteiger partial charge in [0.2, 0.25) is 5.95 Å². The minimum atomic E-state index is -1.78. The van der Waals surface area contributed by atoms with Crippen LogP contribution in [0.15, 0.2) is 42.7 Å². The zero-order valence-electron chi connectivity index (χ0n) is 18.5. The standard InChI is InChI=1S/C23H35N3O2Si/c1-23(2,3)29(4,5)28-20-13-9-10-14-26(17-20)22-24-15-21(16-25-22)27-18-19-11-7-6-8-12-19/h6-8,11-12,15-16,20H,9-10,13-14,17-18H2,1-5H3.